The standard InChI is InChI=1S/C13H18N2O2/c14-9-10-2-1-3-11(8-10)13(12(16)17)4-6-15-7-5-13/h1-3,8,15H,4-7,9,14H2,(H,16,17). The van der Waals surface area contributed by atoms with E-state index in [2.05, 4.69) is 5.32 Å². The first-order valence-electron chi connectivity index (χ1n) is 5.93. The number of aliphatic carboxylic acids is 1. The van der Waals surface area contributed by atoms with Gasteiger partial charge in [-0.05, 0) is 37.1 Å². The zero-order chi connectivity index (χ0) is 12.3. The molecule has 0 amide bonds. The van der Waals surface area contributed by atoms with Crippen molar-refractivity contribution in [3.63, 3.8) is 0 Å². The summed E-state index contributed by atoms with van der Waals surface area (Å²) in [6.07, 6.45) is 1.27. The van der Waals surface area contributed by atoms with Crippen LogP contribution in [0.5, 0.6) is 0 Å². The van der Waals surface area contributed by atoms with Crippen molar-refractivity contribution in [3.05, 3.63) is 35.4 Å². The molecule has 0 unspecified atom stereocenters. The molecule has 1 aromatic carbocycles. The molecule has 1 aromatic rings. The molecule has 0 radical (unpaired) electrons. The first kappa shape index (κ1) is 12.1. The van der Waals surface area contributed by atoms with E-state index in [0.717, 1.165) is 24.2 Å². The Labute approximate surface area is 101 Å². The smallest absolute Gasteiger partial charge is 0.314 e. The average Bonchev–Trinajstić information content (AvgIpc) is 2.39. The maximum Gasteiger partial charge on any atom is 0.314 e. The predicted octanol–water partition coefficient (Wildman–Crippen LogP) is 0.851. The summed E-state index contributed by atoms with van der Waals surface area (Å²) in [5, 5.41) is 12.8. The van der Waals surface area contributed by atoms with Crippen molar-refractivity contribution in [2.45, 2.75) is 24.8 Å². The molecule has 0 bridgehead atoms. The summed E-state index contributed by atoms with van der Waals surface area (Å²) in [7, 11) is 0. The highest BCUT2D eigenvalue weighted by Gasteiger charge is 2.41. The fourth-order valence-corrected chi connectivity index (χ4v) is 2.48. The first-order valence-corrected chi connectivity index (χ1v) is 5.93. The van der Waals surface area contributed by atoms with Crippen molar-refractivity contribution < 1.29 is 9.90 Å². The lowest BCUT2D eigenvalue weighted by atomic mass is 9.73. The van der Waals surface area contributed by atoms with Gasteiger partial charge in [0.05, 0.1) is 5.41 Å². The van der Waals surface area contributed by atoms with E-state index in [9.17, 15) is 9.90 Å². The molecule has 0 spiro atoms. The Balaban J connectivity index is 2.41. The number of nitrogens with one attached hydrogen (secondary N) is 1. The molecule has 2 rings (SSSR count). The lowest BCUT2D eigenvalue weighted by Gasteiger charge is -2.34. The normalized spacial score (nSPS) is 18.9. The molecule has 1 saturated heterocycles. The minimum Gasteiger partial charge on any atom is -0.481 e. The number of carboxylic acids is 1. The van der Waals surface area contributed by atoms with Gasteiger partial charge in [-0.15, -0.1) is 0 Å². The molecule has 0 aromatic heterocycles. The van der Waals surface area contributed by atoms with Crippen molar-refractivity contribution in [3.8, 4) is 0 Å². The molecular formula is C13H18N2O2. The fourth-order valence-electron chi connectivity index (χ4n) is 2.48. The molecule has 0 atom stereocenters. The van der Waals surface area contributed by atoms with E-state index >= 15 is 0 Å². The number of carbonyl (C=O) groups is 1. The molecule has 4 N–H and O–H groups in total. The zero-order valence-electron chi connectivity index (χ0n) is 9.78. The van der Waals surface area contributed by atoms with Gasteiger partial charge in [0.15, 0.2) is 0 Å². The van der Waals surface area contributed by atoms with Gasteiger partial charge < -0.3 is 16.2 Å². The van der Waals surface area contributed by atoms with Gasteiger partial charge in [0.1, 0.15) is 0 Å². The van der Waals surface area contributed by atoms with E-state index < -0.39 is 11.4 Å². The van der Waals surface area contributed by atoms with E-state index in [1.54, 1.807) is 0 Å². The molecule has 4 heteroatoms. The molecule has 1 fully saturated rings. The van der Waals surface area contributed by atoms with Crippen LogP contribution < -0.4 is 11.1 Å². The SMILES string of the molecule is NCc1cccc(C2(C(=O)O)CCNCC2)c1. The fraction of sp³-hybridized carbons (Fsp3) is 0.462. The summed E-state index contributed by atoms with van der Waals surface area (Å²) < 4.78 is 0. The first-order chi connectivity index (χ1) is 8.19. The van der Waals surface area contributed by atoms with Crippen LogP contribution in [0.2, 0.25) is 0 Å². The van der Waals surface area contributed by atoms with Crippen LogP contribution in [0.15, 0.2) is 24.3 Å². The van der Waals surface area contributed by atoms with Gasteiger partial charge in [-0.1, -0.05) is 24.3 Å². The number of hydrogen-bond acceptors (Lipinski definition) is 3. The summed E-state index contributed by atoms with van der Waals surface area (Å²) in [6, 6.07) is 7.66. The van der Waals surface area contributed by atoms with Crippen LogP contribution in [0.3, 0.4) is 0 Å². The zero-order valence-corrected chi connectivity index (χ0v) is 9.78. The predicted molar refractivity (Wildman–Crippen MR) is 65.8 cm³/mol. The van der Waals surface area contributed by atoms with Crippen molar-refractivity contribution in [1.29, 1.82) is 0 Å². The lowest BCUT2D eigenvalue weighted by molar-refractivity contribution is -0.145. The van der Waals surface area contributed by atoms with Crippen molar-refractivity contribution in [1.82, 2.24) is 5.32 Å². The highest BCUT2D eigenvalue weighted by molar-refractivity contribution is 5.81. The Morgan fingerprint density at radius 2 is 2.12 bits per heavy atom. The van der Waals surface area contributed by atoms with Crippen LogP contribution in [0.4, 0.5) is 0 Å². The molecular weight excluding hydrogens is 216 g/mol. The Morgan fingerprint density at radius 1 is 1.41 bits per heavy atom. The minimum absolute atomic E-state index is 0.446. The summed E-state index contributed by atoms with van der Waals surface area (Å²) >= 11 is 0. The number of hydrogen-bond donors (Lipinski definition) is 3. The topological polar surface area (TPSA) is 75.4 Å². The van der Waals surface area contributed by atoms with E-state index in [0.29, 0.717) is 19.4 Å². The third-order valence-corrected chi connectivity index (χ3v) is 3.58. The van der Waals surface area contributed by atoms with Gasteiger partial charge >= 0.3 is 5.97 Å². The van der Waals surface area contributed by atoms with E-state index in [1.807, 2.05) is 24.3 Å². The van der Waals surface area contributed by atoms with Crippen LogP contribution in [0, 0.1) is 0 Å². The van der Waals surface area contributed by atoms with Crippen molar-refractivity contribution in [2.24, 2.45) is 5.73 Å². The van der Waals surface area contributed by atoms with Crippen LogP contribution in [-0.2, 0) is 16.8 Å². The highest BCUT2D eigenvalue weighted by Crippen LogP contribution is 2.34. The maximum absolute atomic E-state index is 11.6. The molecule has 92 valence electrons. The second-order valence-corrected chi connectivity index (χ2v) is 4.54. The van der Waals surface area contributed by atoms with Gasteiger partial charge in [-0.3, -0.25) is 4.79 Å². The van der Waals surface area contributed by atoms with Crippen molar-refractivity contribution in [2.75, 3.05) is 13.1 Å². The summed E-state index contributed by atoms with van der Waals surface area (Å²) in [5.41, 5.74) is 6.74. The van der Waals surface area contributed by atoms with Gasteiger partial charge in [-0.25, -0.2) is 0 Å². The summed E-state index contributed by atoms with van der Waals surface area (Å²) in [4.78, 5) is 11.6. The molecule has 1 aliphatic heterocycles. The third-order valence-electron chi connectivity index (χ3n) is 3.58. The van der Waals surface area contributed by atoms with Gasteiger partial charge in [0.25, 0.3) is 0 Å². The molecule has 0 saturated carbocycles. The van der Waals surface area contributed by atoms with Crippen LogP contribution in [-0.4, -0.2) is 24.2 Å². The second-order valence-electron chi connectivity index (χ2n) is 4.54. The molecule has 0 aliphatic carbocycles. The van der Waals surface area contributed by atoms with E-state index in [-0.39, 0.29) is 0 Å². The number of carboxylic acid groups (broad SMARTS) is 1. The number of benzene rings is 1. The minimum atomic E-state index is -0.740. The molecule has 17 heavy (non-hydrogen) atoms. The Kier molecular flexibility index (Phi) is 3.45. The monoisotopic (exact) mass is 234 g/mol. The van der Waals surface area contributed by atoms with Gasteiger partial charge in [0, 0.05) is 6.54 Å². The lowest BCUT2D eigenvalue weighted by Crippen LogP contribution is -2.45. The second kappa shape index (κ2) is 4.85. The molecule has 1 heterocycles. The van der Waals surface area contributed by atoms with Gasteiger partial charge in [-0.2, -0.15) is 0 Å². The maximum atomic E-state index is 11.6. The third kappa shape index (κ3) is 2.18. The molecule has 4 nitrogen and oxygen atoms in total. The molecule has 1 aliphatic rings. The van der Waals surface area contributed by atoms with Crippen LogP contribution in [0.25, 0.3) is 0 Å². The van der Waals surface area contributed by atoms with Crippen molar-refractivity contribution >= 4 is 5.97 Å². The largest absolute Gasteiger partial charge is 0.481 e. The quantitative estimate of drug-likeness (QED) is 0.725. The summed E-state index contributed by atoms with van der Waals surface area (Å²) in [6.45, 7) is 1.94. The van der Waals surface area contributed by atoms with Crippen LogP contribution >= 0.6 is 0 Å². The summed E-state index contributed by atoms with van der Waals surface area (Å²) in [5.74, 6) is -0.729. The Hall–Kier alpha value is -1.39. The number of piperidine rings is 1. The number of nitrogens with two attached hydrogens (primary N) is 1. The van der Waals surface area contributed by atoms with Crippen LogP contribution in [0.1, 0.15) is 24.0 Å². The number of rotatable bonds is 3. The Morgan fingerprint density at radius 3 is 2.71 bits per heavy atom. The van der Waals surface area contributed by atoms with E-state index in [4.69, 9.17) is 5.73 Å². The Bertz CT molecular complexity index is 412. The highest BCUT2D eigenvalue weighted by atomic mass is 16.4. The average molecular weight is 234 g/mol. The van der Waals surface area contributed by atoms with E-state index in [1.165, 1.54) is 0 Å². The van der Waals surface area contributed by atoms with Gasteiger partial charge in [0.2, 0.25) is 0 Å².